The first kappa shape index (κ1) is 25.4. The van der Waals surface area contributed by atoms with Crippen molar-refractivity contribution in [1.82, 2.24) is 10.0 Å². The van der Waals surface area contributed by atoms with Crippen LogP contribution in [0.15, 0.2) is 53.4 Å². The molecule has 1 atom stereocenters. The van der Waals surface area contributed by atoms with Crippen molar-refractivity contribution in [3.05, 3.63) is 65.2 Å². The van der Waals surface area contributed by atoms with Crippen molar-refractivity contribution in [2.75, 3.05) is 12.0 Å². The molecule has 31 heavy (non-hydrogen) atoms. The fraction of sp³-hybridized carbons (Fsp3) is 0.435. The molecule has 2 aromatic rings. The molecule has 170 valence electrons. The van der Waals surface area contributed by atoms with Crippen LogP contribution in [0, 0.1) is 6.92 Å². The van der Waals surface area contributed by atoms with Gasteiger partial charge in [0.15, 0.2) is 0 Å². The van der Waals surface area contributed by atoms with Crippen LogP contribution in [0.25, 0.3) is 0 Å². The molecule has 0 radical (unpaired) electrons. The summed E-state index contributed by atoms with van der Waals surface area (Å²) in [4.78, 5) is 12.9. The molecule has 0 fully saturated rings. The zero-order valence-corrected chi connectivity index (χ0v) is 20.2. The molecule has 0 aliphatic heterocycles. The van der Waals surface area contributed by atoms with Crippen LogP contribution in [-0.2, 0) is 32.7 Å². The minimum Gasteiger partial charge on any atom is -0.374 e. The van der Waals surface area contributed by atoms with Crippen LogP contribution in [0.5, 0.6) is 0 Å². The standard InChI is InChI=1S/C23H32N2O4S2/c1-17(2)29-16-20-9-7-19(8-10-20)15-24-23(26)22(13-14-30-4)25-31(27,28)21-11-5-18(3)6-12-21/h5-12,17,22,25H,13-16H2,1-4H3,(H,24,26). The van der Waals surface area contributed by atoms with Gasteiger partial charge in [-0.25, -0.2) is 8.42 Å². The highest BCUT2D eigenvalue weighted by Gasteiger charge is 2.25. The zero-order valence-electron chi connectivity index (χ0n) is 18.6. The largest absolute Gasteiger partial charge is 0.374 e. The summed E-state index contributed by atoms with van der Waals surface area (Å²) in [5.74, 6) is 0.330. The summed E-state index contributed by atoms with van der Waals surface area (Å²) in [7, 11) is -3.79. The summed E-state index contributed by atoms with van der Waals surface area (Å²) in [6.07, 6.45) is 2.50. The predicted molar refractivity (Wildman–Crippen MR) is 127 cm³/mol. The molecule has 0 aliphatic carbocycles. The lowest BCUT2D eigenvalue weighted by Gasteiger charge is -2.18. The van der Waals surface area contributed by atoms with Gasteiger partial charge in [-0.1, -0.05) is 42.0 Å². The second-order valence-corrected chi connectivity index (χ2v) is 10.4. The van der Waals surface area contributed by atoms with E-state index < -0.39 is 16.1 Å². The van der Waals surface area contributed by atoms with Gasteiger partial charge < -0.3 is 10.1 Å². The van der Waals surface area contributed by atoms with Crippen molar-refractivity contribution < 1.29 is 17.9 Å². The molecule has 0 saturated carbocycles. The van der Waals surface area contributed by atoms with E-state index in [1.54, 1.807) is 36.0 Å². The highest BCUT2D eigenvalue weighted by atomic mass is 32.2. The Morgan fingerprint density at radius 3 is 2.23 bits per heavy atom. The van der Waals surface area contributed by atoms with Gasteiger partial charge in [-0.2, -0.15) is 16.5 Å². The second-order valence-electron chi connectivity index (χ2n) is 7.66. The molecule has 0 saturated heterocycles. The minimum atomic E-state index is -3.79. The van der Waals surface area contributed by atoms with E-state index in [-0.39, 0.29) is 16.9 Å². The molecule has 2 aromatic carbocycles. The van der Waals surface area contributed by atoms with E-state index in [1.807, 2.05) is 51.3 Å². The Hall–Kier alpha value is -1.87. The molecule has 1 unspecified atom stereocenters. The lowest BCUT2D eigenvalue weighted by molar-refractivity contribution is -0.122. The molecular formula is C23H32N2O4S2. The lowest BCUT2D eigenvalue weighted by atomic mass is 10.1. The van der Waals surface area contributed by atoms with E-state index >= 15 is 0 Å². The number of sulfonamides is 1. The van der Waals surface area contributed by atoms with Gasteiger partial charge in [0.05, 0.1) is 17.6 Å². The molecular weight excluding hydrogens is 432 g/mol. The van der Waals surface area contributed by atoms with E-state index in [1.165, 1.54) is 0 Å². The van der Waals surface area contributed by atoms with E-state index in [0.717, 1.165) is 16.7 Å². The van der Waals surface area contributed by atoms with E-state index in [2.05, 4.69) is 10.0 Å². The maximum Gasteiger partial charge on any atom is 0.241 e. The summed E-state index contributed by atoms with van der Waals surface area (Å²) in [5.41, 5.74) is 2.97. The Kier molecular flexibility index (Phi) is 10.0. The number of nitrogens with one attached hydrogen (secondary N) is 2. The number of carbonyl (C=O) groups excluding carboxylic acids is 1. The molecule has 2 N–H and O–H groups in total. The van der Waals surface area contributed by atoms with Crippen molar-refractivity contribution in [2.45, 2.75) is 57.4 Å². The fourth-order valence-electron chi connectivity index (χ4n) is 2.78. The Bertz CT molecular complexity index is 927. The number of hydrogen-bond acceptors (Lipinski definition) is 5. The Labute approximate surface area is 190 Å². The molecule has 8 heteroatoms. The van der Waals surface area contributed by atoms with Gasteiger partial charge in [-0.3, -0.25) is 4.79 Å². The van der Waals surface area contributed by atoms with Crippen LogP contribution in [0.3, 0.4) is 0 Å². The summed E-state index contributed by atoms with van der Waals surface area (Å²) in [6.45, 7) is 6.74. The van der Waals surface area contributed by atoms with Crippen LogP contribution in [0.2, 0.25) is 0 Å². The smallest absolute Gasteiger partial charge is 0.241 e. The summed E-state index contributed by atoms with van der Waals surface area (Å²) in [5, 5.41) is 2.85. The maximum atomic E-state index is 12.8. The first-order valence-corrected chi connectivity index (χ1v) is 13.1. The zero-order chi connectivity index (χ0) is 22.9. The van der Waals surface area contributed by atoms with Crippen LogP contribution in [-0.4, -0.2) is 38.5 Å². The average molecular weight is 465 g/mol. The number of aryl methyl sites for hydroxylation is 1. The summed E-state index contributed by atoms with van der Waals surface area (Å²) >= 11 is 1.57. The number of carbonyl (C=O) groups is 1. The van der Waals surface area contributed by atoms with E-state index in [4.69, 9.17) is 4.74 Å². The monoisotopic (exact) mass is 464 g/mol. The van der Waals surface area contributed by atoms with Gasteiger partial charge in [0.1, 0.15) is 6.04 Å². The third-order valence-electron chi connectivity index (χ3n) is 4.63. The number of ether oxygens (including phenoxy) is 1. The highest BCUT2D eigenvalue weighted by molar-refractivity contribution is 7.98. The SMILES string of the molecule is CSCCC(NS(=O)(=O)c1ccc(C)cc1)C(=O)NCc1ccc(COC(C)C)cc1. The molecule has 0 aromatic heterocycles. The van der Waals surface area contributed by atoms with Gasteiger partial charge in [0.2, 0.25) is 15.9 Å². The van der Waals surface area contributed by atoms with Gasteiger partial charge in [0, 0.05) is 6.54 Å². The molecule has 0 bridgehead atoms. The number of amides is 1. The Balaban J connectivity index is 2.00. The van der Waals surface area contributed by atoms with Crippen LogP contribution in [0.1, 0.15) is 37.0 Å². The molecule has 2 rings (SSSR count). The number of rotatable bonds is 12. The number of benzene rings is 2. The Morgan fingerprint density at radius 1 is 1.03 bits per heavy atom. The van der Waals surface area contributed by atoms with E-state index in [9.17, 15) is 13.2 Å². The first-order valence-electron chi connectivity index (χ1n) is 10.3. The number of hydrogen-bond donors (Lipinski definition) is 2. The highest BCUT2D eigenvalue weighted by Crippen LogP contribution is 2.13. The van der Waals surface area contributed by atoms with Crippen molar-refractivity contribution in [3.63, 3.8) is 0 Å². The normalized spacial score (nSPS) is 12.7. The maximum absolute atomic E-state index is 12.8. The molecule has 0 aliphatic rings. The van der Waals surface area contributed by atoms with Crippen molar-refractivity contribution in [1.29, 1.82) is 0 Å². The molecule has 0 spiro atoms. The molecule has 1 amide bonds. The van der Waals surface area contributed by atoms with E-state index in [0.29, 0.717) is 25.3 Å². The Morgan fingerprint density at radius 2 is 1.65 bits per heavy atom. The number of thioether (sulfide) groups is 1. The fourth-order valence-corrected chi connectivity index (χ4v) is 4.48. The van der Waals surface area contributed by atoms with Crippen molar-refractivity contribution in [3.8, 4) is 0 Å². The summed E-state index contributed by atoms with van der Waals surface area (Å²) in [6, 6.07) is 13.5. The molecule has 6 nitrogen and oxygen atoms in total. The molecule has 0 heterocycles. The van der Waals surface area contributed by atoms with Gasteiger partial charge in [0.25, 0.3) is 0 Å². The second kappa shape index (κ2) is 12.2. The lowest BCUT2D eigenvalue weighted by Crippen LogP contribution is -2.46. The summed E-state index contributed by atoms with van der Waals surface area (Å²) < 4.78 is 33.6. The van der Waals surface area contributed by atoms with Gasteiger partial charge >= 0.3 is 0 Å². The van der Waals surface area contributed by atoms with Crippen LogP contribution < -0.4 is 10.0 Å². The van der Waals surface area contributed by atoms with Crippen LogP contribution >= 0.6 is 11.8 Å². The van der Waals surface area contributed by atoms with Crippen LogP contribution in [0.4, 0.5) is 0 Å². The minimum absolute atomic E-state index is 0.152. The third kappa shape index (κ3) is 8.65. The van der Waals surface area contributed by atoms with Crippen molar-refractivity contribution in [2.24, 2.45) is 0 Å². The quantitative estimate of drug-likeness (QED) is 0.501. The third-order valence-corrected chi connectivity index (χ3v) is 6.76. The first-order chi connectivity index (χ1) is 14.7. The topological polar surface area (TPSA) is 84.5 Å². The van der Waals surface area contributed by atoms with Crippen molar-refractivity contribution >= 4 is 27.7 Å². The predicted octanol–water partition coefficient (Wildman–Crippen LogP) is 3.64. The average Bonchev–Trinajstić information content (AvgIpc) is 2.74. The van der Waals surface area contributed by atoms with Gasteiger partial charge in [-0.05, 0) is 62.5 Å². The van der Waals surface area contributed by atoms with Gasteiger partial charge in [-0.15, -0.1) is 0 Å².